The van der Waals surface area contributed by atoms with Crippen LogP contribution in [0.2, 0.25) is 0 Å². The molecular formula is C22H26FNO4. The van der Waals surface area contributed by atoms with Crippen LogP contribution in [0.15, 0.2) is 54.6 Å². The molecule has 0 bridgehead atoms. The Balaban J connectivity index is 1.42. The Labute approximate surface area is 164 Å². The van der Waals surface area contributed by atoms with E-state index in [1.54, 1.807) is 18.2 Å². The number of β-amino-alcohol motifs (C(OH)–C–C–N with tert-alkyl or cyclic N) is 1. The van der Waals surface area contributed by atoms with Crippen LogP contribution in [0.4, 0.5) is 4.39 Å². The van der Waals surface area contributed by atoms with Gasteiger partial charge in [0.1, 0.15) is 18.5 Å². The minimum atomic E-state index is -0.755. The van der Waals surface area contributed by atoms with Gasteiger partial charge in [0.05, 0.1) is 19.3 Å². The summed E-state index contributed by atoms with van der Waals surface area (Å²) < 4.78 is 24.5. The molecule has 3 rings (SSSR count). The summed E-state index contributed by atoms with van der Waals surface area (Å²) in [4.78, 5) is 14.4. The number of hydrogen-bond acceptors (Lipinski definition) is 5. The molecule has 1 aliphatic rings. The number of ether oxygens (including phenoxy) is 2. The van der Waals surface area contributed by atoms with Crippen LogP contribution in [0.3, 0.4) is 0 Å². The fourth-order valence-corrected chi connectivity index (χ4v) is 3.38. The molecule has 0 aliphatic carbocycles. The summed E-state index contributed by atoms with van der Waals surface area (Å²) >= 11 is 0. The fourth-order valence-electron chi connectivity index (χ4n) is 3.38. The molecule has 2 unspecified atom stereocenters. The largest absolute Gasteiger partial charge is 0.460 e. The Morgan fingerprint density at radius 2 is 1.89 bits per heavy atom. The van der Waals surface area contributed by atoms with Gasteiger partial charge in [-0.25, -0.2) is 4.39 Å². The van der Waals surface area contributed by atoms with Gasteiger partial charge in [0.25, 0.3) is 0 Å². The summed E-state index contributed by atoms with van der Waals surface area (Å²) in [5.41, 5.74) is 1.40. The number of aliphatic hydroxyl groups excluding tert-OH is 1. The molecule has 2 aromatic carbocycles. The highest BCUT2D eigenvalue weighted by Crippen LogP contribution is 2.19. The monoisotopic (exact) mass is 387 g/mol. The number of nitrogens with zero attached hydrogens (tertiary/aromatic N) is 1. The van der Waals surface area contributed by atoms with Crippen molar-refractivity contribution in [3.8, 4) is 0 Å². The van der Waals surface area contributed by atoms with Crippen molar-refractivity contribution in [2.24, 2.45) is 0 Å². The zero-order chi connectivity index (χ0) is 19.8. The summed E-state index contributed by atoms with van der Waals surface area (Å²) in [5, 5.41) is 10.3. The van der Waals surface area contributed by atoms with E-state index >= 15 is 0 Å². The Hall–Kier alpha value is -2.28. The maximum Gasteiger partial charge on any atom is 0.323 e. The average Bonchev–Trinajstić information content (AvgIpc) is 3.16. The molecule has 6 heteroatoms. The minimum Gasteiger partial charge on any atom is -0.460 e. The van der Waals surface area contributed by atoms with Gasteiger partial charge in [0, 0.05) is 12.1 Å². The van der Waals surface area contributed by atoms with E-state index in [1.165, 1.54) is 6.07 Å². The van der Waals surface area contributed by atoms with E-state index in [1.807, 2.05) is 35.2 Å². The number of benzene rings is 2. The maximum atomic E-state index is 13.6. The van der Waals surface area contributed by atoms with Gasteiger partial charge in [0.15, 0.2) is 0 Å². The second-order valence-electron chi connectivity index (χ2n) is 7.01. The number of carbonyl (C=O) groups is 1. The SMILES string of the molecule is O=C(OCc1ccccc1)C1CCCN1CC(O)COCc1ccccc1F. The fraction of sp³-hybridized carbons (Fsp3) is 0.409. The summed E-state index contributed by atoms with van der Waals surface area (Å²) in [7, 11) is 0. The predicted octanol–water partition coefficient (Wildman–Crippen LogP) is 2.91. The van der Waals surface area contributed by atoms with Crippen molar-refractivity contribution in [2.75, 3.05) is 19.7 Å². The number of esters is 1. The van der Waals surface area contributed by atoms with Gasteiger partial charge in [-0.05, 0) is 31.0 Å². The van der Waals surface area contributed by atoms with Crippen molar-refractivity contribution in [1.82, 2.24) is 4.90 Å². The number of hydrogen-bond donors (Lipinski definition) is 1. The number of carbonyl (C=O) groups excluding carboxylic acids is 1. The number of likely N-dealkylation sites (tertiary alicyclic amines) is 1. The van der Waals surface area contributed by atoms with Gasteiger partial charge in [0.2, 0.25) is 0 Å². The standard InChI is InChI=1S/C22H26FNO4/c23-20-10-5-4-9-18(20)15-27-16-19(25)13-24-12-6-11-21(24)22(26)28-14-17-7-2-1-3-8-17/h1-5,7-10,19,21,25H,6,11-16H2. The van der Waals surface area contributed by atoms with Crippen LogP contribution in [0, 0.1) is 5.82 Å². The highest BCUT2D eigenvalue weighted by Gasteiger charge is 2.33. The van der Waals surface area contributed by atoms with Crippen LogP contribution in [-0.4, -0.2) is 47.8 Å². The highest BCUT2D eigenvalue weighted by molar-refractivity contribution is 5.76. The Morgan fingerprint density at radius 1 is 1.14 bits per heavy atom. The van der Waals surface area contributed by atoms with Gasteiger partial charge in [-0.2, -0.15) is 0 Å². The third kappa shape index (κ3) is 5.86. The molecule has 1 fully saturated rings. The first-order valence-corrected chi connectivity index (χ1v) is 9.57. The minimum absolute atomic E-state index is 0.0800. The van der Waals surface area contributed by atoms with Gasteiger partial charge in [-0.3, -0.25) is 9.69 Å². The van der Waals surface area contributed by atoms with E-state index in [2.05, 4.69) is 0 Å². The van der Waals surface area contributed by atoms with Crippen LogP contribution in [-0.2, 0) is 27.5 Å². The van der Waals surface area contributed by atoms with Crippen molar-refractivity contribution in [3.05, 3.63) is 71.5 Å². The normalized spacial score (nSPS) is 18.1. The van der Waals surface area contributed by atoms with Crippen molar-refractivity contribution in [1.29, 1.82) is 0 Å². The second kappa shape index (κ2) is 10.3. The van der Waals surface area contributed by atoms with E-state index < -0.39 is 6.10 Å². The topological polar surface area (TPSA) is 59.0 Å². The first-order valence-electron chi connectivity index (χ1n) is 9.57. The molecule has 0 radical (unpaired) electrons. The Morgan fingerprint density at radius 3 is 2.68 bits per heavy atom. The molecule has 1 N–H and O–H groups in total. The van der Waals surface area contributed by atoms with E-state index in [0.29, 0.717) is 12.1 Å². The molecule has 1 heterocycles. The number of halogens is 1. The van der Waals surface area contributed by atoms with Crippen molar-refractivity contribution in [2.45, 2.75) is 38.2 Å². The van der Waals surface area contributed by atoms with E-state index in [9.17, 15) is 14.3 Å². The van der Waals surface area contributed by atoms with Crippen molar-refractivity contribution in [3.63, 3.8) is 0 Å². The molecule has 2 atom stereocenters. The van der Waals surface area contributed by atoms with Crippen molar-refractivity contribution >= 4 is 5.97 Å². The van der Waals surface area contributed by atoms with Crippen LogP contribution in [0.5, 0.6) is 0 Å². The van der Waals surface area contributed by atoms with E-state index in [-0.39, 0.29) is 37.6 Å². The first-order chi connectivity index (χ1) is 13.6. The average molecular weight is 387 g/mol. The number of aliphatic hydroxyl groups is 1. The molecule has 0 amide bonds. The van der Waals surface area contributed by atoms with Crippen LogP contribution >= 0.6 is 0 Å². The summed E-state index contributed by atoms with van der Waals surface area (Å²) in [6.45, 7) is 1.49. The third-order valence-electron chi connectivity index (χ3n) is 4.83. The molecule has 0 aromatic heterocycles. The van der Waals surface area contributed by atoms with E-state index in [0.717, 1.165) is 24.9 Å². The molecule has 1 aliphatic heterocycles. The van der Waals surface area contributed by atoms with E-state index in [4.69, 9.17) is 9.47 Å². The van der Waals surface area contributed by atoms with Gasteiger partial charge in [-0.15, -0.1) is 0 Å². The first kappa shape index (κ1) is 20.5. The van der Waals surface area contributed by atoms with Crippen LogP contribution in [0.1, 0.15) is 24.0 Å². The van der Waals surface area contributed by atoms with Gasteiger partial charge in [-0.1, -0.05) is 48.5 Å². The molecule has 5 nitrogen and oxygen atoms in total. The zero-order valence-corrected chi connectivity index (χ0v) is 15.8. The molecule has 0 spiro atoms. The summed E-state index contributed by atoms with van der Waals surface area (Å²) in [5.74, 6) is -0.585. The van der Waals surface area contributed by atoms with Crippen molar-refractivity contribution < 1.29 is 23.8 Å². The lowest BCUT2D eigenvalue weighted by Crippen LogP contribution is -2.42. The predicted molar refractivity (Wildman–Crippen MR) is 103 cm³/mol. The summed E-state index contributed by atoms with van der Waals surface area (Å²) in [6.07, 6.45) is 0.846. The molecule has 0 saturated carbocycles. The molecule has 28 heavy (non-hydrogen) atoms. The van der Waals surface area contributed by atoms with Crippen LogP contribution in [0.25, 0.3) is 0 Å². The molecule has 1 saturated heterocycles. The lowest BCUT2D eigenvalue weighted by Gasteiger charge is -2.25. The van der Waals surface area contributed by atoms with Gasteiger partial charge >= 0.3 is 5.97 Å². The number of rotatable bonds is 9. The van der Waals surface area contributed by atoms with Gasteiger partial charge < -0.3 is 14.6 Å². The zero-order valence-electron chi connectivity index (χ0n) is 15.8. The van der Waals surface area contributed by atoms with Crippen LogP contribution < -0.4 is 0 Å². The Bertz CT molecular complexity index is 755. The maximum absolute atomic E-state index is 13.6. The smallest absolute Gasteiger partial charge is 0.323 e. The second-order valence-corrected chi connectivity index (χ2v) is 7.01. The lowest BCUT2D eigenvalue weighted by atomic mass is 10.2. The molecular weight excluding hydrogens is 361 g/mol. The molecule has 2 aromatic rings. The molecule has 150 valence electrons. The quantitative estimate of drug-likeness (QED) is 0.671. The third-order valence-corrected chi connectivity index (χ3v) is 4.83. The summed E-state index contributed by atoms with van der Waals surface area (Å²) in [6, 6.07) is 15.6. The Kier molecular flexibility index (Phi) is 7.54. The lowest BCUT2D eigenvalue weighted by molar-refractivity contribution is -0.150. The highest BCUT2D eigenvalue weighted by atomic mass is 19.1.